The monoisotopic (exact) mass is 353 g/mol. The molecule has 1 amide bonds. The first-order chi connectivity index (χ1) is 12.0. The van der Waals surface area contributed by atoms with Crippen molar-refractivity contribution in [1.82, 2.24) is 14.1 Å². The highest BCUT2D eigenvalue weighted by molar-refractivity contribution is 7.89. The van der Waals surface area contributed by atoms with E-state index >= 15 is 0 Å². The van der Waals surface area contributed by atoms with Crippen LogP contribution in [0.1, 0.15) is 11.3 Å². The first kappa shape index (κ1) is 15.6. The van der Waals surface area contributed by atoms with Gasteiger partial charge in [0.1, 0.15) is 0 Å². The van der Waals surface area contributed by atoms with E-state index in [2.05, 4.69) is 5.10 Å². The predicted octanol–water partition coefficient (Wildman–Crippen LogP) is 3.03. The van der Waals surface area contributed by atoms with Gasteiger partial charge in [0.15, 0.2) is 0 Å². The van der Waals surface area contributed by atoms with Gasteiger partial charge in [-0.1, -0.05) is 48.0 Å². The van der Waals surface area contributed by atoms with E-state index in [0.29, 0.717) is 11.4 Å². The van der Waals surface area contributed by atoms with Crippen molar-refractivity contribution in [2.45, 2.75) is 18.4 Å². The Labute approximate surface area is 145 Å². The zero-order valence-electron chi connectivity index (χ0n) is 13.5. The number of hydrogen-bond acceptors (Lipinski definition) is 4. The van der Waals surface area contributed by atoms with E-state index in [0.717, 1.165) is 20.1 Å². The summed E-state index contributed by atoms with van der Waals surface area (Å²) in [6, 6.07) is 17.0. The molecule has 3 aromatic rings. The lowest BCUT2D eigenvalue weighted by Crippen LogP contribution is -2.33. The summed E-state index contributed by atoms with van der Waals surface area (Å²) in [4.78, 5) is 12.7. The Morgan fingerprint density at radius 2 is 1.68 bits per heavy atom. The van der Waals surface area contributed by atoms with Crippen LogP contribution >= 0.6 is 0 Å². The van der Waals surface area contributed by atoms with Crippen molar-refractivity contribution in [1.29, 1.82) is 0 Å². The second kappa shape index (κ2) is 5.56. The molecule has 126 valence electrons. The lowest BCUT2D eigenvalue weighted by molar-refractivity contribution is 0.229. The topological polar surface area (TPSA) is 72.3 Å². The number of nitrogens with zero attached hydrogens (tertiary/aromatic N) is 3. The lowest BCUT2D eigenvalue weighted by atomic mass is 10.1. The maximum absolute atomic E-state index is 12.7. The molecule has 0 radical (unpaired) electrons. The quantitative estimate of drug-likeness (QED) is 0.725. The number of aryl methyl sites for hydroxylation is 1. The van der Waals surface area contributed by atoms with Gasteiger partial charge in [0.2, 0.25) is 0 Å². The molecule has 0 unspecified atom stereocenters. The summed E-state index contributed by atoms with van der Waals surface area (Å²) in [5.74, 6) is 0. The number of benzene rings is 2. The molecular formula is C18H15N3O3S. The highest BCUT2D eigenvalue weighted by Crippen LogP contribution is 2.28. The van der Waals surface area contributed by atoms with Gasteiger partial charge < -0.3 is 0 Å². The first-order valence-electron chi connectivity index (χ1n) is 7.75. The number of sulfonamides is 1. The van der Waals surface area contributed by atoms with Gasteiger partial charge in [0.05, 0.1) is 22.8 Å². The minimum absolute atomic E-state index is 0.0190. The lowest BCUT2D eigenvalue weighted by Gasteiger charge is -2.15. The fraction of sp³-hybridized carbons (Fsp3) is 0.111. The van der Waals surface area contributed by atoms with Crippen molar-refractivity contribution in [2.75, 3.05) is 0 Å². The number of fused-ring (bicyclic) bond motifs is 1. The van der Waals surface area contributed by atoms with Gasteiger partial charge in [-0.05, 0) is 25.1 Å². The number of amides is 1. The van der Waals surface area contributed by atoms with Crippen molar-refractivity contribution >= 4 is 16.1 Å². The van der Waals surface area contributed by atoms with Gasteiger partial charge in [0, 0.05) is 5.56 Å². The summed E-state index contributed by atoms with van der Waals surface area (Å²) in [7, 11) is -3.90. The van der Waals surface area contributed by atoms with Crippen molar-refractivity contribution in [3.63, 3.8) is 0 Å². The summed E-state index contributed by atoms with van der Waals surface area (Å²) < 4.78 is 27.5. The molecule has 0 spiro atoms. The fourth-order valence-corrected chi connectivity index (χ4v) is 4.11. The van der Waals surface area contributed by atoms with Crippen LogP contribution in [0, 0.1) is 6.92 Å². The maximum atomic E-state index is 12.7. The number of rotatable bonds is 3. The van der Waals surface area contributed by atoms with E-state index in [1.807, 2.05) is 37.3 Å². The molecule has 4 rings (SSSR count). The molecule has 0 aliphatic carbocycles. The predicted molar refractivity (Wildman–Crippen MR) is 92.4 cm³/mol. The van der Waals surface area contributed by atoms with E-state index in [1.165, 1.54) is 12.1 Å². The Morgan fingerprint density at radius 3 is 2.32 bits per heavy atom. The zero-order chi connectivity index (χ0) is 17.6. The van der Waals surface area contributed by atoms with Gasteiger partial charge in [0.25, 0.3) is 10.0 Å². The van der Waals surface area contributed by atoms with E-state index < -0.39 is 16.1 Å². The Hall–Kier alpha value is -2.93. The summed E-state index contributed by atoms with van der Waals surface area (Å²) in [6.07, 6.45) is 0. The summed E-state index contributed by atoms with van der Waals surface area (Å²) in [6.45, 7) is 1.85. The minimum Gasteiger partial charge on any atom is -0.245 e. The fourth-order valence-electron chi connectivity index (χ4n) is 2.79. The Morgan fingerprint density at radius 1 is 1.00 bits per heavy atom. The van der Waals surface area contributed by atoms with Gasteiger partial charge in [-0.25, -0.2) is 17.5 Å². The zero-order valence-corrected chi connectivity index (χ0v) is 14.3. The number of carbonyl (C=O) groups excluding carboxylic acids is 1. The number of carbonyl (C=O) groups is 1. The van der Waals surface area contributed by atoms with Crippen LogP contribution in [0.15, 0.2) is 65.6 Å². The minimum atomic E-state index is -3.90. The molecule has 1 aliphatic heterocycles. The van der Waals surface area contributed by atoms with Gasteiger partial charge in [-0.3, -0.25) is 0 Å². The molecule has 1 aliphatic rings. The highest BCUT2D eigenvalue weighted by Gasteiger charge is 2.38. The maximum Gasteiger partial charge on any atom is 0.359 e. The molecule has 0 N–H and O–H groups in total. The number of hydrogen-bond donors (Lipinski definition) is 0. The van der Waals surface area contributed by atoms with E-state index in [1.54, 1.807) is 18.2 Å². The normalized spacial score (nSPS) is 14.0. The van der Waals surface area contributed by atoms with E-state index in [4.69, 9.17) is 0 Å². The van der Waals surface area contributed by atoms with Crippen LogP contribution in [0.5, 0.6) is 0 Å². The van der Waals surface area contributed by atoms with Crippen LogP contribution in [0.25, 0.3) is 11.3 Å². The van der Waals surface area contributed by atoms with Crippen LogP contribution < -0.4 is 0 Å². The second-order valence-electron chi connectivity index (χ2n) is 5.91. The molecule has 0 saturated carbocycles. The SMILES string of the molecule is Cc1ccc(S(=O)(=O)N2Cc3cc(-c4ccccc4)nn3C2=O)cc1. The van der Waals surface area contributed by atoms with Crippen molar-refractivity contribution in [3.05, 3.63) is 71.9 Å². The molecule has 6 nitrogen and oxygen atoms in total. The van der Waals surface area contributed by atoms with Gasteiger partial charge >= 0.3 is 6.03 Å². The van der Waals surface area contributed by atoms with Crippen LogP contribution in [0.4, 0.5) is 4.79 Å². The van der Waals surface area contributed by atoms with Crippen molar-refractivity contribution < 1.29 is 13.2 Å². The Bertz CT molecular complexity index is 1050. The van der Waals surface area contributed by atoms with E-state index in [9.17, 15) is 13.2 Å². The average molecular weight is 353 g/mol. The van der Waals surface area contributed by atoms with Gasteiger partial charge in [-0.2, -0.15) is 9.78 Å². The van der Waals surface area contributed by atoms with Crippen LogP contribution in [-0.2, 0) is 16.6 Å². The Kier molecular flexibility index (Phi) is 3.47. The summed E-state index contributed by atoms with van der Waals surface area (Å²) >= 11 is 0. The third kappa shape index (κ3) is 2.53. The summed E-state index contributed by atoms with van der Waals surface area (Å²) in [5.41, 5.74) is 3.04. The third-order valence-electron chi connectivity index (χ3n) is 4.16. The van der Waals surface area contributed by atoms with E-state index in [-0.39, 0.29) is 11.4 Å². The largest absolute Gasteiger partial charge is 0.359 e. The van der Waals surface area contributed by atoms with Crippen LogP contribution in [-0.4, -0.2) is 28.5 Å². The highest BCUT2D eigenvalue weighted by atomic mass is 32.2. The molecule has 0 bridgehead atoms. The molecule has 0 saturated heterocycles. The Balaban J connectivity index is 1.67. The molecule has 0 atom stereocenters. The standard InChI is InChI=1S/C18H15N3O3S/c1-13-7-9-16(10-8-13)25(23,24)20-12-15-11-17(19-21(15)18(20)22)14-5-3-2-4-6-14/h2-11H,12H2,1H3. The molecular weight excluding hydrogens is 338 g/mol. The molecule has 1 aromatic heterocycles. The molecule has 7 heteroatoms. The molecule has 2 heterocycles. The summed E-state index contributed by atoms with van der Waals surface area (Å²) in [5, 5.41) is 4.27. The van der Waals surface area contributed by atoms with Crippen LogP contribution in [0.2, 0.25) is 0 Å². The second-order valence-corrected chi connectivity index (χ2v) is 7.77. The average Bonchev–Trinajstić information content (AvgIpc) is 3.16. The molecule has 25 heavy (non-hydrogen) atoms. The van der Waals surface area contributed by atoms with Crippen LogP contribution in [0.3, 0.4) is 0 Å². The smallest absolute Gasteiger partial charge is 0.245 e. The van der Waals surface area contributed by atoms with Crippen molar-refractivity contribution in [3.8, 4) is 11.3 Å². The molecule has 0 fully saturated rings. The number of aromatic nitrogens is 2. The third-order valence-corrected chi connectivity index (χ3v) is 5.90. The molecule has 2 aromatic carbocycles. The first-order valence-corrected chi connectivity index (χ1v) is 9.19. The van der Waals surface area contributed by atoms with Gasteiger partial charge in [-0.15, -0.1) is 0 Å². The van der Waals surface area contributed by atoms with Crippen molar-refractivity contribution in [2.24, 2.45) is 0 Å².